The van der Waals surface area contributed by atoms with E-state index in [1.165, 1.54) is 0 Å². The van der Waals surface area contributed by atoms with E-state index in [-0.39, 0.29) is 5.91 Å². The molecule has 2 rings (SSSR count). The third-order valence-electron chi connectivity index (χ3n) is 3.35. The topological polar surface area (TPSA) is 46.3 Å². The predicted molar refractivity (Wildman–Crippen MR) is 88.1 cm³/mol. The van der Waals surface area contributed by atoms with E-state index >= 15 is 0 Å². The lowest BCUT2D eigenvalue weighted by molar-refractivity contribution is 0.0987. The van der Waals surface area contributed by atoms with Crippen molar-refractivity contribution in [2.45, 2.75) is 13.8 Å². The Morgan fingerprint density at radius 2 is 1.81 bits per heavy atom. The molecule has 0 fully saturated rings. The van der Waals surface area contributed by atoms with Gasteiger partial charge in [-0.2, -0.15) is 0 Å². The van der Waals surface area contributed by atoms with Crippen LogP contribution in [-0.2, 0) is 0 Å². The van der Waals surface area contributed by atoms with Gasteiger partial charge in [-0.3, -0.25) is 4.79 Å². The molecule has 4 heteroatoms. The molecule has 0 spiro atoms. The van der Waals surface area contributed by atoms with Gasteiger partial charge in [-0.05, 0) is 49.7 Å². The quantitative estimate of drug-likeness (QED) is 0.938. The average molecular weight is 303 g/mol. The maximum Gasteiger partial charge on any atom is 0.258 e. The lowest BCUT2D eigenvalue weighted by Gasteiger charge is -2.23. The van der Waals surface area contributed by atoms with Crippen molar-refractivity contribution in [2.24, 2.45) is 5.73 Å². The summed E-state index contributed by atoms with van der Waals surface area (Å²) in [7, 11) is 0. The molecule has 0 radical (unpaired) electrons. The minimum absolute atomic E-state index is 0.0414. The van der Waals surface area contributed by atoms with E-state index < -0.39 is 0 Å². The summed E-state index contributed by atoms with van der Waals surface area (Å²) in [6.07, 6.45) is 0. The van der Waals surface area contributed by atoms with Crippen molar-refractivity contribution >= 4 is 23.2 Å². The Labute approximate surface area is 130 Å². The zero-order valence-corrected chi connectivity index (χ0v) is 13.0. The molecule has 21 heavy (non-hydrogen) atoms. The monoisotopic (exact) mass is 302 g/mol. The van der Waals surface area contributed by atoms with Gasteiger partial charge < -0.3 is 10.6 Å². The van der Waals surface area contributed by atoms with E-state index in [1.54, 1.807) is 17.0 Å². The number of anilines is 1. The Hall–Kier alpha value is -1.84. The summed E-state index contributed by atoms with van der Waals surface area (Å²) in [5, 5.41) is 0.644. The SMILES string of the molecule is Cc1ccc(C(=O)N(CCN)c2ccc(Cl)cc2)c(C)c1. The molecule has 0 heterocycles. The number of benzene rings is 2. The molecule has 2 aromatic rings. The van der Waals surface area contributed by atoms with Crippen LogP contribution in [-0.4, -0.2) is 19.0 Å². The summed E-state index contributed by atoms with van der Waals surface area (Å²) in [5.74, 6) is -0.0414. The van der Waals surface area contributed by atoms with Crippen LogP contribution in [0.3, 0.4) is 0 Å². The molecule has 0 aromatic heterocycles. The summed E-state index contributed by atoms with van der Waals surface area (Å²) in [6, 6.07) is 13.0. The Kier molecular flexibility index (Phi) is 4.99. The molecule has 0 aliphatic carbocycles. The summed E-state index contributed by atoms with van der Waals surface area (Å²) in [6.45, 7) is 4.83. The van der Waals surface area contributed by atoms with Crippen molar-refractivity contribution in [3.05, 3.63) is 64.2 Å². The molecule has 1 amide bonds. The highest BCUT2D eigenvalue weighted by Crippen LogP contribution is 2.21. The lowest BCUT2D eigenvalue weighted by Crippen LogP contribution is -2.35. The Balaban J connectivity index is 2.37. The van der Waals surface area contributed by atoms with E-state index in [2.05, 4.69) is 0 Å². The highest BCUT2D eigenvalue weighted by molar-refractivity contribution is 6.30. The molecule has 0 saturated heterocycles. The van der Waals surface area contributed by atoms with Gasteiger partial charge in [0.2, 0.25) is 0 Å². The van der Waals surface area contributed by atoms with E-state index in [0.29, 0.717) is 23.7 Å². The van der Waals surface area contributed by atoms with E-state index in [0.717, 1.165) is 16.8 Å². The zero-order valence-electron chi connectivity index (χ0n) is 12.3. The number of carbonyl (C=O) groups is 1. The Bertz CT molecular complexity index is 638. The molecule has 0 unspecified atom stereocenters. The lowest BCUT2D eigenvalue weighted by atomic mass is 10.0. The fourth-order valence-electron chi connectivity index (χ4n) is 2.30. The van der Waals surface area contributed by atoms with Crippen LogP contribution >= 0.6 is 11.6 Å². The average Bonchev–Trinajstić information content (AvgIpc) is 2.45. The standard InChI is InChI=1S/C17H19ClN2O/c1-12-3-8-16(13(2)11-12)17(21)20(10-9-19)15-6-4-14(18)5-7-15/h3-8,11H,9-10,19H2,1-2H3. The molecule has 0 atom stereocenters. The molecule has 0 aliphatic heterocycles. The van der Waals surface area contributed by atoms with E-state index in [4.69, 9.17) is 17.3 Å². The smallest absolute Gasteiger partial charge is 0.258 e. The van der Waals surface area contributed by atoms with Gasteiger partial charge in [0.1, 0.15) is 0 Å². The largest absolute Gasteiger partial charge is 0.329 e. The van der Waals surface area contributed by atoms with Crippen molar-refractivity contribution in [3.8, 4) is 0 Å². The molecular formula is C17H19ClN2O. The normalized spacial score (nSPS) is 10.5. The number of nitrogens with two attached hydrogens (primary N) is 1. The van der Waals surface area contributed by atoms with Crippen LogP contribution in [0, 0.1) is 13.8 Å². The summed E-state index contributed by atoms with van der Waals surface area (Å²) in [5.41, 5.74) is 9.26. The number of aryl methyl sites for hydroxylation is 2. The Morgan fingerprint density at radius 3 is 2.38 bits per heavy atom. The van der Waals surface area contributed by atoms with Crippen LogP contribution in [0.15, 0.2) is 42.5 Å². The van der Waals surface area contributed by atoms with Gasteiger partial charge in [-0.1, -0.05) is 29.3 Å². The van der Waals surface area contributed by atoms with Crippen molar-refractivity contribution in [3.63, 3.8) is 0 Å². The molecule has 2 N–H and O–H groups in total. The third kappa shape index (κ3) is 3.63. The fourth-order valence-corrected chi connectivity index (χ4v) is 2.42. The Morgan fingerprint density at radius 1 is 1.14 bits per heavy atom. The first-order valence-corrected chi connectivity index (χ1v) is 7.25. The van der Waals surface area contributed by atoms with Crippen molar-refractivity contribution < 1.29 is 4.79 Å². The molecule has 0 saturated carbocycles. The maximum atomic E-state index is 12.8. The highest BCUT2D eigenvalue weighted by Gasteiger charge is 2.18. The second-order valence-electron chi connectivity index (χ2n) is 5.04. The van der Waals surface area contributed by atoms with Crippen LogP contribution in [0.2, 0.25) is 5.02 Å². The van der Waals surface area contributed by atoms with Crippen LogP contribution in [0.5, 0.6) is 0 Å². The molecule has 110 valence electrons. The van der Waals surface area contributed by atoms with Crippen LogP contribution < -0.4 is 10.6 Å². The summed E-state index contributed by atoms with van der Waals surface area (Å²) in [4.78, 5) is 14.5. The second-order valence-corrected chi connectivity index (χ2v) is 5.48. The van der Waals surface area contributed by atoms with Crippen molar-refractivity contribution in [1.82, 2.24) is 0 Å². The van der Waals surface area contributed by atoms with Gasteiger partial charge in [-0.25, -0.2) is 0 Å². The number of amides is 1. The van der Waals surface area contributed by atoms with Gasteiger partial charge >= 0.3 is 0 Å². The van der Waals surface area contributed by atoms with Crippen molar-refractivity contribution in [1.29, 1.82) is 0 Å². The highest BCUT2D eigenvalue weighted by atomic mass is 35.5. The minimum atomic E-state index is -0.0414. The number of hydrogen-bond acceptors (Lipinski definition) is 2. The molecule has 3 nitrogen and oxygen atoms in total. The predicted octanol–water partition coefficient (Wildman–Crippen LogP) is 3.56. The summed E-state index contributed by atoms with van der Waals surface area (Å²) >= 11 is 5.90. The zero-order chi connectivity index (χ0) is 15.4. The number of carbonyl (C=O) groups excluding carboxylic acids is 1. The number of rotatable bonds is 4. The van der Waals surface area contributed by atoms with Gasteiger partial charge in [0.05, 0.1) is 0 Å². The third-order valence-corrected chi connectivity index (χ3v) is 3.60. The van der Waals surface area contributed by atoms with Gasteiger partial charge in [0, 0.05) is 29.4 Å². The number of hydrogen-bond donors (Lipinski definition) is 1. The molecule has 2 aromatic carbocycles. The van der Waals surface area contributed by atoms with E-state index in [9.17, 15) is 4.79 Å². The van der Waals surface area contributed by atoms with Gasteiger partial charge in [0.25, 0.3) is 5.91 Å². The summed E-state index contributed by atoms with van der Waals surface area (Å²) < 4.78 is 0. The fraction of sp³-hybridized carbons (Fsp3) is 0.235. The molecular weight excluding hydrogens is 284 g/mol. The maximum absolute atomic E-state index is 12.8. The first-order chi connectivity index (χ1) is 10.0. The second kappa shape index (κ2) is 6.74. The van der Waals surface area contributed by atoms with Crippen molar-refractivity contribution in [2.75, 3.05) is 18.0 Å². The van der Waals surface area contributed by atoms with Crippen LogP contribution in [0.25, 0.3) is 0 Å². The number of nitrogens with zero attached hydrogens (tertiary/aromatic N) is 1. The van der Waals surface area contributed by atoms with Gasteiger partial charge in [-0.15, -0.1) is 0 Å². The molecule has 0 bridgehead atoms. The van der Waals surface area contributed by atoms with E-state index in [1.807, 2.05) is 44.2 Å². The van der Waals surface area contributed by atoms with Gasteiger partial charge in [0.15, 0.2) is 0 Å². The molecule has 0 aliphatic rings. The van der Waals surface area contributed by atoms with Crippen LogP contribution in [0.1, 0.15) is 21.5 Å². The minimum Gasteiger partial charge on any atom is -0.329 e. The first kappa shape index (κ1) is 15.5. The first-order valence-electron chi connectivity index (χ1n) is 6.87. The number of halogens is 1. The van der Waals surface area contributed by atoms with Crippen LogP contribution in [0.4, 0.5) is 5.69 Å².